The summed E-state index contributed by atoms with van der Waals surface area (Å²) in [6.45, 7) is 0.360. The Kier molecular flexibility index (Phi) is 3.61. The molecule has 0 saturated heterocycles. The Bertz CT molecular complexity index is 614. The van der Waals surface area contributed by atoms with Crippen molar-refractivity contribution in [3.63, 3.8) is 0 Å². The highest BCUT2D eigenvalue weighted by Gasteiger charge is 2.23. The summed E-state index contributed by atoms with van der Waals surface area (Å²) in [6, 6.07) is 13.0. The largest absolute Gasteiger partial charge is 0.487 e. The number of hydrogen-bond acceptors (Lipinski definition) is 3. The van der Waals surface area contributed by atoms with Gasteiger partial charge >= 0.3 is 0 Å². The number of fused-ring (bicyclic) bond motifs is 1. The van der Waals surface area contributed by atoms with E-state index in [2.05, 4.69) is 0 Å². The molecule has 0 amide bonds. The van der Waals surface area contributed by atoms with Gasteiger partial charge in [-0.2, -0.15) is 0 Å². The first-order chi connectivity index (χ1) is 9.78. The van der Waals surface area contributed by atoms with E-state index in [4.69, 9.17) is 21.1 Å². The van der Waals surface area contributed by atoms with Crippen LogP contribution in [0.25, 0.3) is 0 Å². The fourth-order valence-corrected chi connectivity index (χ4v) is 2.53. The molecule has 0 N–H and O–H groups in total. The molecule has 2 aromatic rings. The van der Waals surface area contributed by atoms with Crippen LogP contribution < -0.4 is 9.47 Å². The third-order valence-electron chi connectivity index (χ3n) is 3.25. The maximum absolute atomic E-state index is 11.0. The smallest absolute Gasteiger partial charge is 0.153 e. The molecule has 0 fully saturated rings. The summed E-state index contributed by atoms with van der Waals surface area (Å²) >= 11 is 6.06. The number of rotatable bonds is 4. The summed E-state index contributed by atoms with van der Waals surface area (Å²) in [5, 5.41) is 0.435. The van der Waals surface area contributed by atoms with Gasteiger partial charge in [-0.15, -0.1) is 0 Å². The van der Waals surface area contributed by atoms with Crippen molar-refractivity contribution in [1.82, 2.24) is 0 Å². The summed E-state index contributed by atoms with van der Waals surface area (Å²) in [7, 11) is 0. The standard InChI is InChI=1S/C16H13ClO3/c17-14-6-3-5-12(9-18)16(14)19-10-13-8-11-4-1-2-7-15(11)20-13/h1-7,9,13H,8,10H2. The van der Waals surface area contributed by atoms with Crippen molar-refractivity contribution in [3.8, 4) is 11.5 Å². The van der Waals surface area contributed by atoms with Crippen LogP contribution in [0.15, 0.2) is 42.5 Å². The first-order valence-electron chi connectivity index (χ1n) is 6.39. The van der Waals surface area contributed by atoms with E-state index in [0.29, 0.717) is 22.9 Å². The summed E-state index contributed by atoms with van der Waals surface area (Å²) in [5.74, 6) is 1.32. The minimum Gasteiger partial charge on any atom is -0.487 e. The fourth-order valence-electron chi connectivity index (χ4n) is 2.29. The molecule has 3 rings (SSSR count). The molecule has 0 radical (unpaired) electrons. The van der Waals surface area contributed by atoms with Gasteiger partial charge in [0.25, 0.3) is 0 Å². The average molecular weight is 289 g/mol. The number of carbonyl (C=O) groups is 1. The molecule has 1 atom stereocenters. The Morgan fingerprint density at radius 2 is 2.10 bits per heavy atom. The Balaban J connectivity index is 1.69. The Morgan fingerprint density at radius 3 is 2.90 bits per heavy atom. The highest BCUT2D eigenvalue weighted by molar-refractivity contribution is 6.32. The molecule has 0 spiro atoms. The number of para-hydroxylation sites is 2. The molecule has 1 aliphatic heterocycles. The van der Waals surface area contributed by atoms with Gasteiger partial charge in [0.15, 0.2) is 6.29 Å². The predicted octanol–water partition coefficient (Wildman–Crippen LogP) is 3.54. The van der Waals surface area contributed by atoms with Crippen molar-refractivity contribution in [1.29, 1.82) is 0 Å². The molecule has 0 saturated carbocycles. The van der Waals surface area contributed by atoms with Crippen LogP contribution in [0.1, 0.15) is 15.9 Å². The van der Waals surface area contributed by atoms with E-state index in [0.717, 1.165) is 18.5 Å². The van der Waals surface area contributed by atoms with Crippen molar-refractivity contribution in [2.24, 2.45) is 0 Å². The molecule has 0 aromatic heterocycles. The summed E-state index contributed by atoms with van der Waals surface area (Å²) < 4.78 is 11.5. The van der Waals surface area contributed by atoms with Crippen LogP contribution in [0, 0.1) is 0 Å². The molecule has 0 aliphatic carbocycles. The molecular formula is C16H13ClO3. The Hall–Kier alpha value is -2.00. The predicted molar refractivity (Wildman–Crippen MR) is 76.9 cm³/mol. The van der Waals surface area contributed by atoms with Gasteiger partial charge < -0.3 is 9.47 Å². The number of hydrogen-bond donors (Lipinski definition) is 0. The van der Waals surface area contributed by atoms with Crippen LogP contribution in [0.2, 0.25) is 5.02 Å². The van der Waals surface area contributed by atoms with Crippen LogP contribution in [0.4, 0.5) is 0 Å². The third kappa shape index (κ3) is 2.49. The second-order valence-corrected chi connectivity index (χ2v) is 5.05. The second kappa shape index (κ2) is 5.55. The lowest BCUT2D eigenvalue weighted by Gasteiger charge is -2.14. The van der Waals surface area contributed by atoms with E-state index in [1.165, 1.54) is 5.56 Å². The van der Waals surface area contributed by atoms with Gasteiger partial charge in [0.05, 0.1) is 10.6 Å². The molecular weight excluding hydrogens is 276 g/mol. The van der Waals surface area contributed by atoms with E-state index in [9.17, 15) is 4.79 Å². The molecule has 1 unspecified atom stereocenters. The zero-order valence-electron chi connectivity index (χ0n) is 10.7. The summed E-state index contributed by atoms with van der Waals surface area (Å²) in [4.78, 5) is 11.0. The van der Waals surface area contributed by atoms with Gasteiger partial charge in [0.2, 0.25) is 0 Å². The van der Waals surface area contributed by atoms with Crippen LogP contribution in [-0.4, -0.2) is 19.0 Å². The second-order valence-electron chi connectivity index (χ2n) is 4.64. The van der Waals surface area contributed by atoms with Crippen molar-refractivity contribution in [3.05, 3.63) is 58.6 Å². The molecule has 1 aliphatic rings. The zero-order valence-corrected chi connectivity index (χ0v) is 11.5. The average Bonchev–Trinajstić information content (AvgIpc) is 2.88. The molecule has 2 aromatic carbocycles. The quantitative estimate of drug-likeness (QED) is 0.807. The molecule has 20 heavy (non-hydrogen) atoms. The van der Waals surface area contributed by atoms with Gasteiger partial charge in [0, 0.05) is 6.42 Å². The number of benzene rings is 2. The van der Waals surface area contributed by atoms with E-state index in [-0.39, 0.29) is 6.10 Å². The van der Waals surface area contributed by atoms with Gasteiger partial charge in [-0.3, -0.25) is 4.79 Å². The number of ether oxygens (including phenoxy) is 2. The minimum absolute atomic E-state index is 0.0526. The first kappa shape index (κ1) is 13.0. The molecule has 1 heterocycles. The van der Waals surface area contributed by atoms with Gasteiger partial charge in [-0.25, -0.2) is 0 Å². The number of aldehydes is 1. The maximum Gasteiger partial charge on any atom is 0.153 e. The first-order valence-corrected chi connectivity index (χ1v) is 6.77. The van der Waals surface area contributed by atoms with Crippen molar-refractivity contribution in [2.75, 3.05) is 6.61 Å². The topological polar surface area (TPSA) is 35.5 Å². The monoisotopic (exact) mass is 288 g/mol. The zero-order chi connectivity index (χ0) is 13.9. The van der Waals surface area contributed by atoms with E-state index >= 15 is 0 Å². The Labute approximate surface area is 122 Å². The van der Waals surface area contributed by atoms with E-state index in [1.54, 1.807) is 18.2 Å². The molecule has 3 nitrogen and oxygen atoms in total. The minimum atomic E-state index is -0.0526. The van der Waals surface area contributed by atoms with Crippen molar-refractivity contribution < 1.29 is 14.3 Å². The van der Waals surface area contributed by atoms with E-state index < -0.39 is 0 Å². The lowest BCUT2D eigenvalue weighted by atomic mass is 10.1. The molecule has 0 bridgehead atoms. The van der Waals surface area contributed by atoms with Gasteiger partial charge in [-0.05, 0) is 23.8 Å². The third-order valence-corrected chi connectivity index (χ3v) is 3.55. The lowest BCUT2D eigenvalue weighted by molar-refractivity contribution is 0.111. The van der Waals surface area contributed by atoms with Crippen LogP contribution in [0.5, 0.6) is 11.5 Å². The fraction of sp³-hybridized carbons (Fsp3) is 0.188. The van der Waals surface area contributed by atoms with Gasteiger partial charge in [0.1, 0.15) is 24.2 Å². The summed E-state index contributed by atoms with van der Waals surface area (Å²) in [6.07, 6.45) is 1.49. The SMILES string of the molecule is O=Cc1cccc(Cl)c1OCC1Cc2ccccc2O1. The van der Waals surface area contributed by atoms with Crippen LogP contribution in [0.3, 0.4) is 0 Å². The highest BCUT2D eigenvalue weighted by atomic mass is 35.5. The van der Waals surface area contributed by atoms with Gasteiger partial charge in [-0.1, -0.05) is 35.9 Å². The Morgan fingerprint density at radius 1 is 1.25 bits per heavy atom. The van der Waals surface area contributed by atoms with Crippen LogP contribution >= 0.6 is 11.6 Å². The normalized spacial score (nSPS) is 16.4. The highest BCUT2D eigenvalue weighted by Crippen LogP contribution is 2.31. The lowest BCUT2D eigenvalue weighted by Crippen LogP contribution is -2.22. The summed E-state index contributed by atoms with van der Waals surface area (Å²) in [5.41, 5.74) is 1.63. The molecule has 102 valence electrons. The molecule has 4 heteroatoms. The van der Waals surface area contributed by atoms with E-state index in [1.807, 2.05) is 24.3 Å². The number of carbonyl (C=O) groups excluding carboxylic acids is 1. The van der Waals surface area contributed by atoms with Crippen molar-refractivity contribution >= 4 is 17.9 Å². The maximum atomic E-state index is 11.0. The number of halogens is 1. The van der Waals surface area contributed by atoms with Crippen molar-refractivity contribution in [2.45, 2.75) is 12.5 Å². The van der Waals surface area contributed by atoms with Crippen LogP contribution in [-0.2, 0) is 6.42 Å².